The lowest BCUT2D eigenvalue weighted by Crippen LogP contribution is -2.41. The third-order valence-electron chi connectivity index (χ3n) is 5.54. The molecule has 3 rings (SSSR count). The van der Waals surface area contributed by atoms with E-state index in [-0.39, 0.29) is 0 Å². The number of aryl methyl sites for hydroxylation is 1. The van der Waals surface area contributed by atoms with E-state index >= 15 is 0 Å². The third kappa shape index (κ3) is 3.70. The lowest BCUT2D eigenvalue weighted by molar-refractivity contribution is 0.0839. The molecule has 2 aromatic rings. The Bertz CT molecular complexity index is 636. The highest BCUT2D eigenvalue weighted by molar-refractivity contribution is 5.18. The molecular weight excluding hydrogens is 296 g/mol. The summed E-state index contributed by atoms with van der Waals surface area (Å²) in [6, 6.07) is 11.7. The average molecular weight is 326 g/mol. The van der Waals surface area contributed by atoms with Crippen molar-refractivity contribution in [3.63, 3.8) is 0 Å². The second kappa shape index (κ2) is 7.49. The van der Waals surface area contributed by atoms with Crippen molar-refractivity contribution in [3.05, 3.63) is 53.9 Å². The number of piperidine rings is 1. The molecule has 0 amide bonds. The average Bonchev–Trinajstić information content (AvgIpc) is 3.01. The predicted molar refractivity (Wildman–Crippen MR) is 98.8 cm³/mol. The largest absolute Gasteiger partial charge is 0.299 e. The Kier molecular flexibility index (Phi) is 5.36. The number of aromatic nitrogens is 2. The van der Waals surface area contributed by atoms with Crippen LogP contribution in [0.5, 0.6) is 0 Å². The lowest BCUT2D eigenvalue weighted by Gasteiger charge is -2.41. The van der Waals surface area contributed by atoms with Gasteiger partial charge in [0.1, 0.15) is 0 Å². The van der Waals surface area contributed by atoms with Gasteiger partial charge in [-0.05, 0) is 51.9 Å². The lowest BCUT2D eigenvalue weighted by atomic mass is 9.85. The monoisotopic (exact) mass is 326 g/mol. The summed E-state index contributed by atoms with van der Waals surface area (Å²) >= 11 is 0. The molecule has 0 bridgehead atoms. The van der Waals surface area contributed by atoms with E-state index in [2.05, 4.69) is 72.4 Å². The van der Waals surface area contributed by atoms with Crippen molar-refractivity contribution >= 4 is 0 Å². The fraction of sp³-hybridized carbons (Fsp3) is 0.550. The van der Waals surface area contributed by atoms with Crippen molar-refractivity contribution in [2.24, 2.45) is 13.0 Å². The number of nitrogens with zero attached hydrogens (tertiary/aromatic N) is 4. The molecule has 2 heterocycles. The highest BCUT2D eigenvalue weighted by atomic mass is 15.3. The summed E-state index contributed by atoms with van der Waals surface area (Å²) in [6.07, 6.45) is 6.79. The van der Waals surface area contributed by atoms with Gasteiger partial charge < -0.3 is 0 Å². The van der Waals surface area contributed by atoms with Crippen molar-refractivity contribution in [1.82, 2.24) is 19.6 Å². The van der Waals surface area contributed by atoms with Crippen LogP contribution in [-0.2, 0) is 7.05 Å². The first-order valence-corrected chi connectivity index (χ1v) is 9.00. The maximum atomic E-state index is 4.40. The molecular formula is C20H30N4. The van der Waals surface area contributed by atoms with E-state index in [1.807, 2.05) is 17.9 Å². The van der Waals surface area contributed by atoms with Gasteiger partial charge >= 0.3 is 0 Å². The minimum Gasteiger partial charge on any atom is -0.299 e. The van der Waals surface area contributed by atoms with Crippen LogP contribution in [0.4, 0.5) is 0 Å². The van der Waals surface area contributed by atoms with Crippen LogP contribution < -0.4 is 0 Å². The van der Waals surface area contributed by atoms with E-state index < -0.39 is 0 Å². The van der Waals surface area contributed by atoms with Crippen molar-refractivity contribution in [2.45, 2.75) is 31.8 Å². The van der Waals surface area contributed by atoms with Crippen LogP contribution in [0.3, 0.4) is 0 Å². The summed E-state index contributed by atoms with van der Waals surface area (Å²) in [5, 5.41) is 4.40. The van der Waals surface area contributed by atoms with Crippen LogP contribution in [0.1, 0.15) is 43.0 Å². The molecule has 24 heavy (non-hydrogen) atoms. The molecule has 0 spiro atoms. The fourth-order valence-electron chi connectivity index (χ4n) is 4.08. The Morgan fingerprint density at radius 2 is 2.00 bits per heavy atom. The molecule has 0 saturated carbocycles. The molecule has 1 aliphatic heterocycles. The van der Waals surface area contributed by atoms with Crippen LogP contribution >= 0.6 is 0 Å². The summed E-state index contributed by atoms with van der Waals surface area (Å²) in [5.41, 5.74) is 2.74. The zero-order valence-electron chi connectivity index (χ0n) is 15.4. The molecule has 4 heteroatoms. The first kappa shape index (κ1) is 17.2. The van der Waals surface area contributed by atoms with Crippen LogP contribution in [0.25, 0.3) is 0 Å². The van der Waals surface area contributed by atoms with Crippen LogP contribution in [0, 0.1) is 5.92 Å². The van der Waals surface area contributed by atoms with Crippen LogP contribution in [0.2, 0.25) is 0 Å². The van der Waals surface area contributed by atoms with Gasteiger partial charge in [0.25, 0.3) is 0 Å². The van der Waals surface area contributed by atoms with Gasteiger partial charge in [-0.25, -0.2) is 0 Å². The van der Waals surface area contributed by atoms with Gasteiger partial charge in [0, 0.05) is 37.4 Å². The van der Waals surface area contributed by atoms with E-state index in [1.54, 1.807) is 0 Å². The molecule has 0 aliphatic carbocycles. The zero-order chi connectivity index (χ0) is 17.1. The summed E-state index contributed by atoms with van der Waals surface area (Å²) in [5.74, 6) is 0.643. The predicted octanol–water partition coefficient (Wildman–Crippen LogP) is 3.50. The van der Waals surface area contributed by atoms with Crippen LogP contribution in [-0.4, -0.2) is 46.8 Å². The number of rotatable bonds is 5. The van der Waals surface area contributed by atoms with Crippen molar-refractivity contribution in [3.8, 4) is 0 Å². The van der Waals surface area contributed by atoms with E-state index in [0.717, 1.165) is 6.54 Å². The Morgan fingerprint density at radius 3 is 2.67 bits per heavy atom. The maximum absolute atomic E-state index is 4.40. The Hall–Kier alpha value is -1.65. The van der Waals surface area contributed by atoms with Gasteiger partial charge in [-0.3, -0.25) is 14.5 Å². The Labute approximate surface area is 146 Å². The van der Waals surface area contributed by atoms with E-state index in [9.17, 15) is 0 Å². The molecule has 4 nitrogen and oxygen atoms in total. The highest BCUT2D eigenvalue weighted by Gasteiger charge is 2.32. The summed E-state index contributed by atoms with van der Waals surface area (Å²) in [4.78, 5) is 5.01. The molecule has 1 saturated heterocycles. The third-order valence-corrected chi connectivity index (χ3v) is 5.54. The van der Waals surface area contributed by atoms with E-state index in [1.165, 1.54) is 30.5 Å². The highest BCUT2D eigenvalue weighted by Crippen LogP contribution is 2.36. The second-order valence-electron chi connectivity index (χ2n) is 7.30. The maximum Gasteiger partial charge on any atom is 0.0537 e. The molecule has 0 N–H and O–H groups in total. The smallest absolute Gasteiger partial charge is 0.0537 e. The van der Waals surface area contributed by atoms with Gasteiger partial charge in [0.05, 0.1) is 6.20 Å². The molecule has 1 fully saturated rings. The van der Waals surface area contributed by atoms with Crippen molar-refractivity contribution < 1.29 is 0 Å². The Balaban J connectivity index is 1.74. The van der Waals surface area contributed by atoms with Gasteiger partial charge in [-0.1, -0.05) is 30.3 Å². The molecule has 1 unspecified atom stereocenters. The number of hydrogen-bond donors (Lipinski definition) is 0. The molecule has 1 aliphatic rings. The summed E-state index contributed by atoms with van der Waals surface area (Å²) < 4.78 is 1.92. The molecule has 3 atom stereocenters. The minimum atomic E-state index is 0.438. The summed E-state index contributed by atoms with van der Waals surface area (Å²) in [7, 11) is 6.52. The topological polar surface area (TPSA) is 24.3 Å². The van der Waals surface area contributed by atoms with E-state index in [0.29, 0.717) is 18.0 Å². The quantitative estimate of drug-likeness (QED) is 0.840. The van der Waals surface area contributed by atoms with Gasteiger partial charge in [0.15, 0.2) is 0 Å². The minimum absolute atomic E-state index is 0.438. The number of benzene rings is 1. The van der Waals surface area contributed by atoms with Gasteiger partial charge in [0.2, 0.25) is 0 Å². The Morgan fingerprint density at radius 1 is 1.25 bits per heavy atom. The standard InChI is InChI=1S/C20H30N4/c1-16(17-9-6-5-7-10-17)23(3)14-18-11-8-12-22(2)20(18)19-13-21-24(4)15-19/h5-7,9-10,13,15-16,18,20H,8,11-12,14H2,1-4H3/t16?,18-,20+/m0/s1. The molecule has 1 aromatic carbocycles. The molecule has 130 valence electrons. The number of hydrogen-bond acceptors (Lipinski definition) is 3. The SMILES string of the molecule is CC(c1ccccc1)N(C)C[C@@H]1CCCN(C)[C@H]1c1cnn(C)c1. The summed E-state index contributed by atoms with van der Waals surface area (Å²) in [6.45, 7) is 4.59. The zero-order valence-corrected chi connectivity index (χ0v) is 15.4. The molecule has 0 radical (unpaired) electrons. The van der Waals surface area contributed by atoms with Crippen molar-refractivity contribution in [2.75, 3.05) is 27.2 Å². The number of likely N-dealkylation sites (tertiary alicyclic amines) is 1. The second-order valence-corrected chi connectivity index (χ2v) is 7.30. The van der Waals surface area contributed by atoms with Crippen LogP contribution in [0.15, 0.2) is 42.7 Å². The first-order chi connectivity index (χ1) is 11.6. The fourth-order valence-corrected chi connectivity index (χ4v) is 4.08. The van der Waals surface area contributed by atoms with Gasteiger partial charge in [-0.2, -0.15) is 5.10 Å². The van der Waals surface area contributed by atoms with Gasteiger partial charge in [-0.15, -0.1) is 0 Å². The normalized spacial score (nSPS) is 23.5. The van der Waals surface area contributed by atoms with E-state index in [4.69, 9.17) is 0 Å². The molecule has 1 aromatic heterocycles. The van der Waals surface area contributed by atoms with Crippen molar-refractivity contribution in [1.29, 1.82) is 0 Å². The first-order valence-electron chi connectivity index (χ1n) is 9.00.